The van der Waals surface area contributed by atoms with Gasteiger partial charge in [-0.1, -0.05) is 65.4 Å². The Kier molecular flexibility index (Phi) is 5.84. The number of phenols is 1. The van der Waals surface area contributed by atoms with E-state index in [2.05, 4.69) is 78.0 Å². The lowest BCUT2D eigenvalue weighted by atomic mass is 9.83. The molecule has 36 heavy (non-hydrogen) atoms. The van der Waals surface area contributed by atoms with Crippen molar-refractivity contribution in [2.24, 2.45) is 4.99 Å². The summed E-state index contributed by atoms with van der Waals surface area (Å²) < 4.78 is 8.44. The van der Waals surface area contributed by atoms with E-state index in [4.69, 9.17) is 9.73 Å². The van der Waals surface area contributed by atoms with Gasteiger partial charge in [0.15, 0.2) is 16.3 Å². The summed E-state index contributed by atoms with van der Waals surface area (Å²) in [7, 11) is 1.52. The van der Waals surface area contributed by atoms with Gasteiger partial charge >= 0.3 is 0 Å². The number of ether oxygens (including phenoxy) is 1. The fourth-order valence-corrected chi connectivity index (χ4v) is 6.68. The molecular weight excluding hydrogens is 583 g/mol. The first-order chi connectivity index (χ1) is 17.4. The molecule has 1 unspecified atom stereocenters. The Morgan fingerprint density at radius 1 is 1.14 bits per heavy atom. The second-order valence-electron chi connectivity index (χ2n) is 9.08. The highest BCUT2D eigenvalue weighted by molar-refractivity contribution is 14.1. The molecule has 7 heteroatoms. The molecule has 3 aromatic carbocycles. The maximum Gasteiger partial charge on any atom is 0.271 e. The highest BCUT2D eigenvalue weighted by atomic mass is 127. The Balaban J connectivity index is 1.61. The van der Waals surface area contributed by atoms with Crippen molar-refractivity contribution >= 4 is 45.7 Å². The maximum absolute atomic E-state index is 13.9. The van der Waals surface area contributed by atoms with E-state index < -0.39 is 0 Å². The van der Waals surface area contributed by atoms with E-state index in [1.807, 2.05) is 16.7 Å². The van der Waals surface area contributed by atoms with Crippen LogP contribution in [-0.4, -0.2) is 16.8 Å². The van der Waals surface area contributed by atoms with Gasteiger partial charge in [-0.2, -0.15) is 0 Å². The second-order valence-corrected chi connectivity index (χ2v) is 11.2. The number of phenolic OH excluding ortho intramolecular Hbond substituents is 1. The summed E-state index contributed by atoms with van der Waals surface area (Å²) in [4.78, 5) is 19.6. The molecule has 0 spiro atoms. The van der Waals surface area contributed by atoms with Gasteiger partial charge in [-0.15, -0.1) is 0 Å². The van der Waals surface area contributed by atoms with Gasteiger partial charge in [0.25, 0.3) is 5.56 Å². The van der Waals surface area contributed by atoms with Crippen LogP contribution in [0.25, 0.3) is 11.8 Å². The number of allylic oxidation sites excluding steroid dienone is 1. The molecule has 0 radical (unpaired) electrons. The normalized spacial score (nSPS) is 16.8. The molecule has 1 aliphatic heterocycles. The molecule has 4 aromatic rings. The summed E-state index contributed by atoms with van der Waals surface area (Å²) >= 11 is 3.47. The molecule has 2 heterocycles. The first-order valence-corrected chi connectivity index (χ1v) is 13.6. The molecule has 1 N–H and O–H groups in total. The van der Waals surface area contributed by atoms with Gasteiger partial charge in [-0.25, -0.2) is 4.99 Å². The summed E-state index contributed by atoms with van der Waals surface area (Å²) in [5, 5.41) is 10.2. The molecule has 0 saturated heterocycles. The lowest BCUT2D eigenvalue weighted by Crippen LogP contribution is -2.38. The number of hydrogen-bond donors (Lipinski definition) is 1. The van der Waals surface area contributed by atoms with Gasteiger partial charge in [0, 0.05) is 5.56 Å². The van der Waals surface area contributed by atoms with Crippen LogP contribution >= 0.6 is 33.9 Å². The van der Waals surface area contributed by atoms with Crippen molar-refractivity contribution in [3.63, 3.8) is 0 Å². The molecule has 2 aliphatic rings. The van der Waals surface area contributed by atoms with Crippen LogP contribution in [0, 0.1) is 10.5 Å². The van der Waals surface area contributed by atoms with E-state index in [-0.39, 0.29) is 17.4 Å². The predicted molar refractivity (Wildman–Crippen MR) is 151 cm³/mol. The fraction of sp³-hybridized carbons (Fsp3) is 0.172. The van der Waals surface area contributed by atoms with Crippen LogP contribution in [-0.2, 0) is 6.42 Å². The zero-order valence-electron chi connectivity index (χ0n) is 19.8. The zero-order valence-corrected chi connectivity index (χ0v) is 22.8. The number of fused-ring (bicyclic) bond motifs is 3. The van der Waals surface area contributed by atoms with Gasteiger partial charge in [-0.3, -0.25) is 9.36 Å². The number of methoxy groups -OCH3 is 1. The molecule has 1 aliphatic carbocycles. The Bertz CT molecular complexity index is 1730. The Morgan fingerprint density at radius 2 is 1.92 bits per heavy atom. The van der Waals surface area contributed by atoms with E-state index in [1.165, 1.54) is 35.1 Å². The average Bonchev–Trinajstić information content (AvgIpc) is 3.19. The molecule has 0 amide bonds. The quantitative estimate of drug-likeness (QED) is 0.336. The largest absolute Gasteiger partial charge is 0.504 e. The van der Waals surface area contributed by atoms with E-state index in [0.717, 1.165) is 35.2 Å². The monoisotopic (exact) mass is 606 g/mol. The summed E-state index contributed by atoms with van der Waals surface area (Å²) in [6.45, 7) is 2.07. The molecule has 1 atom stereocenters. The van der Waals surface area contributed by atoms with E-state index in [1.54, 1.807) is 6.07 Å². The zero-order chi connectivity index (χ0) is 25.0. The van der Waals surface area contributed by atoms with Crippen LogP contribution in [0.1, 0.15) is 40.3 Å². The average molecular weight is 606 g/mol. The van der Waals surface area contributed by atoms with Gasteiger partial charge in [0.1, 0.15) is 0 Å². The SMILES string of the molecule is COc1cc(C=c2sc3n(c2=O)C(c2ccc(C)cc2)C2=C(N=3)c3ccccc3CC2)cc(I)c1O. The number of thiazole rings is 1. The van der Waals surface area contributed by atoms with Crippen LogP contribution in [0.4, 0.5) is 0 Å². The number of aromatic nitrogens is 1. The van der Waals surface area contributed by atoms with Crippen molar-refractivity contribution in [3.05, 3.63) is 117 Å². The topological polar surface area (TPSA) is 63.8 Å². The summed E-state index contributed by atoms with van der Waals surface area (Å²) in [6.07, 6.45) is 3.66. The first kappa shape index (κ1) is 23.2. The van der Waals surface area contributed by atoms with Crippen LogP contribution in [0.15, 0.2) is 76.0 Å². The fourth-order valence-electron chi connectivity index (χ4n) is 5.06. The highest BCUT2D eigenvalue weighted by Gasteiger charge is 2.32. The van der Waals surface area contributed by atoms with Crippen LogP contribution in [0.3, 0.4) is 0 Å². The van der Waals surface area contributed by atoms with Gasteiger partial charge in [0.2, 0.25) is 0 Å². The molecule has 1 aromatic heterocycles. The predicted octanol–water partition coefficient (Wildman–Crippen LogP) is 4.95. The van der Waals surface area contributed by atoms with Crippen LogP contribution in [0.5, 0.6) is 11.5 Å². The maximum atomic E-state index is 13.9. The smallest absolute Gasteiger partial charge is 0.271 e. The van der Waals surface area contributed by atoms with Gasteiger partial charge < -0.3 is 9.84 Å². The summed E-state index contributed by atoms with van der Waals surface area (Å²) in [6, 6.07) is 20.3. The number of rotatable bonds is 3. The third-order valence-corrected chi connectivity index (χ3v) is 8.64. The lowest BCUT2D eigenvalue weighted by Gasteiger charge is -2.30. The number of nitrogens with zero attached hydrogens (tertiary/aromatic N) is 2. The standard InChI is InChI=1S/C29H23IN2O3S/c1-16-7-9-19(10-8-16)26-21-12-11-18-5-3-4-6-20(18)25(21)31-29-32(26)28(34)24(36-29)15-17-13-22(30)27(33)23(14-17)35-2/h3-10,13-15,26,33H,11-12H2,1-2H3. The minimum atomic E-state index is -0.193. The number of benzene rings is 3. The van der Waals surface area contributed by atoms with Crippen molar-refractivity contribution < 1.29 is 9.84 Å². The minimum absolute atomic E-state index is 0.0585. The Labute approximate surface area is 225 Å². The van der Waals surface area contributed by atoms with Gasteiger partial charge in [-0.05, 0) is 82.8 Å². The third kappa shape index (κ3) is 3.81. The Hall–Kier alpha value is -3.17. The minimum Gasteiger partial charge on any atom is -0.504 e. The van der Waals surface area contributed by atoms with Crippen molar-refractivity contribution in [1.29, 1.82) is 0 Å². The van der Waals surface area contributed by atoms with E-state index in [9.17, 15) is 9.90 Å². The first-order valence-electron chi connectivity index (χ1n) is 11.7. The van der Waals surface area contributed by atoms with Crippen molar-refractivity contribution in [1.82, 2.24) is 4.57 Å². The van der Waals surface area contributed by atoms with Crippen molar-refractivity contribution in [2.45, 2.75) is 25.8 Å². The number of hydrogen-bond acceptors (Lipinski definition) is 5. The van der Waals surface area contributed by atoms with E-state index in [0.29, 0.717) is 18.7 Å². The van der Waals surface area contributed by atoms with Crippen molar-refractivity contribution in [3.8, 4) is 11.5 Å². The number of aromatic hydroxyl groups is 1. The second kappa shape index (κ2) is 9.05. The molecule has 0 saturated carbocycles. The molecule has 5 nitrogen and oxygen atoms in total. The molecule has 180 valence electrons. The van der Waals surface area contributed by atoms with E-state index >= 15 is 0 Å². The van der Waals surface area contributed by atoms with Crippen molar-refractivity contribution in [2.75, 3.05) is 7.11 Å². The molecule has 0 fully saturated rings. The number of aryl methyl sites for hydroxylation is 2. The molecular formula is C29H23IN2O3S. The molecule has 6 rings (SSSR count). The summed E-state index contributed by atoms with van der Waals surface area (Å²) in [5.41, 5.74) is 7.66. The van der Waals surface area contributed by atoms with Gasteiger partial charge in [0.05, 0.1) is 27.0 Å². The lowest BCUT2D eigenvalue weighted by molar-refractivity contribution is 0.371. The van der Waals surface area contributed by atoms with Crippen LogP contribution < -0.4 is 19.6 Å². The highest BCUT2D eigenvalue weighted by Crippen LogP contribution is 2.41. The summed E-state index contributed by atoms with van der Waals surface area (Å²) in [5.74, 6) is 0.480. The third-order valence-electron chi connectivity index (χ3n) is 6.83. The Morgan fingerprint density at radius 3 is 2.69 bits per heavy atom. The number of halogens is 1. The van der Waals surface area contributed by atoms with Crippen LogP contribution in [0.2, 0.25) is 0 Å². The molecule has 0 bridgehead atoms.